The molecule has 11 heavy (non-hydrogen) atoms. The third-order valence-corrected chi connectivity index (χ3v) is 3.44. The molecule has 1 heteroatoms. The Bertz CT molecular complexity index is 120. The van der Waals surface area contributed by atoms with Gasteiger partial charge < -0.3 is 0 Å². The predicted octanol–water partition coefficient (Wildman–Crippen LogP) is 3.69. The molecule has 0 unspecified atom stereocenters. The van der Waals surface area contributed by atoms with E-state index in [1.165, 1.54) is 19.3 Å². The van der Waals surface area contributed by atoms with E-state index >= 15 is 0 Å². The summed E-state index contributed by atoms with van der Waals surface area (Å²) in [5.41, 5.74) is 0. The number of hydrogen-bond donors (Lipinski definition) is 0. The van der Waals surface area contributed by atoms with Crippen molar-refractivity contribution in [2.75, 3.05) is 0 Å². The molecule has 1 fully saturated rings. The third kappa shape index (κ3) is 2.37. The van der Waals surface area contributed by atoms with Crippen molar-refractivity contribution in [2.45, 2.75) is 45.4 Å². The first kappa shape index (κ1) is 9.38. The second-order valence-corrected chi connectivity index (χ2v) is 4.90. The maximum Gasteiger partial charge on any atom is 0.0369 e. The van der Waals surface area contributed by atoms with Crippen LogP contribution >= 0.6 is 11.6 Å². The van der Waals surface area contributed by atoms with Gasteiger partial charge in [-0.15, -0.1) is 11.6 Å². The molecule has 0 bridgehead atoms. The highest BCUT2D eigenvalue weighted by Crippen LogP contribution is 2.36. The van der Waals surface area contributed by atoms with Crippen molar-refractivity contribution >= 4 is 11.6 Å². The first-order chi connectivity index (χ1) is 5.11. The fraction of sp³-hybridized carbons (Fsp3) is 1.00. The van der Waals surface area contributed by atoms with Crippen LogP contribution in [-0.4, -0.2) is 5.38 Å². The van der Waals surface area contributed by atoms with Gasteiger partial charge in [0.2, 0.25) is 0 Å². The molecule has 0 aliphatic heterocycles. The molecule has 0 amide bonds. The van der Waals surface area contributed by atoms with Crippen LogP contribution in [0.4, 0.5) is 0 Å². The molecular weight excluding hydrogens is 156 g/mol. The molecule has 1 saturated carbocycles. The Morgan fingerprint density at radius 2 is 1.91 bits per heavy atom. The van der Waals surface area contributed by atoms with E-state index in [4.69, 9.17) is 11.6 Å². The lowest BCUT2D eigenvalue weighted by molar-refractivity contribution is 0.240. The maximum atomic E-state index is 6.27. The molecule has 0 saturated heterocycles. The smallest absolute Gasteiger partial charge is 0.0369 e. The highest BCUT2D eigenvalue weighted by Gasteiger charge is 2.28. The van der Waals surface area contributed by atoms with Crippen LogP contribution in [0.25, 0.3) is 0 Å². The van der Waals surface area contributed by atoms with Gasteiger partial charge in [0, 0.05) is 5.38 Å². The van der Waals surface area contributed by atoms with Crippen molar-refractivity contribution in [3.63, 3.8) is 0 Å². The minimum Gasteiger partial charge on any atom is -0.123 e. The zero-order chi connectivity index (χ0) is 8.43. The third-order valence-electron chi connectivity index (χ3n) is 2.94. The standard InChI is InChI=1S/C10H19Cl/c1-7(2)9-5-4-8(3)6-10(9)11/h7-10H,4-6H2,1-3H3/t8-,9-,10+/m0/s1. The van der Waals surface area contributed by atoms with E-state index in [0.717, 1.165) is 17.8 Å². The lowest BCUT2D eigenvalue weighted by Gasteiger charge is -2.33. The summed E-state index contributed by atoms with van der Waals surface area (Å²) in [6, 6.07) is 0. The Kier molecular flexibility index (Phi) is 3.24. The van der Waals surface area contributed by atoms with Gasteiger partial charge in [0.25, 0.3) is 0 Å². The molecule has 66 valence electrons. The van der Waals surface area contributed by atoms with Gasteiger partial charge in [-0.2, -0.15) is 0 Å². The van der Waals surface area contributed by atoms with Crippen LogP contribution in [0.2, 0.25) is 0 Å². The summed E-state index contributed by atoms with van der Waals surface area (Å²) in [5, 5.41) is 0.443. The molecule has 0 spiro atoms. The van der Waals surface area contributed by atoms with E-state index in [1.54, 1.807) is 0 Å². The first-order valence-corrected chi connectivity index (χ1v) is 5.19. The van der Waals surface area contributed by atoms with Gasteiger partial charge in [0.15, 0.2) is 0 Å². The lowest BCUT2D eigenvalue weighted by Crippen LogP contribution is -2.27. The number of alkyl halides is 1. The fourth-order valence-corrected chi connectivity index (χ4v) is 2.81. The van der Waals surface area contributed by atoms with Gasteiger partial charge in [-0.3, -0.25) is 0 Å². The summed E-state index contributed by atoms with van der Waals surface area (Å²) in [6.07, 6.45) is 3.95. The number of rotatable bonds is 1. The van der Waals surface area contributed by atoms with Crippen molar-refractivity contribution in [1.29, 1.82) is 0 Å². The average Bonchev–Trinajstić information content (AvgIpc) is 1.85. The number of hydrogen-bond acceptors (Lipinski definition) is 0. The van der Waals surface area contributed by atoms with E-state index < -0.39 is 0 Å². The zero-order valence-electron chi connectivity index (χ0n) is 7.81. The van der Waals surface area contributed by atoms with Crippen molar-refractivity contribution in [1.82, 2.24) is 0 Å². The van der Waals surface area contributed by atoms with E-state index in [9.17, 15) is 0 Å². The molecule has 0 radical (unpaired) electrons. The summed E-state index contributed by atoms with van der Waals surface area (Å²) in [5.74, 6) is 2.39. The van der Waals surface area contributed by atoms with Crippen LogP contribution in [0.15, 0.2) is 0 Å². The van der Waals surface area contributed by atoms with Gasteiger partial charge in [0.1, 0.15) is 0 Å². The summed E-state index contributed by atoms with van der Waals surface area (Å²) >= 11 is 6.27. The molecule has 0 N–H and O–H groups in total. The minimum absolute atomic E-state index is 0.443. The normalized spacial score (nSPS) is 39.5. The fourth-order valence-electron chi connectivity index (χ4n) is 2.09. The monoisotopic (exact) mass is 174 g/mol. The SMILES string of the molecule is CC(C)[C@@H]1CC[C@H](C)C[C@H]1Cl. The largest absolute Gasteiger partial charge is 0.123 e. The Hall–Kier alpha value is 0.290. The Morgan fingerprint density at radius 1 is 1.27 bits per heavy atom. The molecular formula is C10H19Cl. The Balaban J connectivity index is 2.44. The van der Waals surface area contributed by atoms with Crippen LogP contribution < -0.4 is 0 Å². The van der Waals surface area contributed by atoms with Gasteiger partial charge in [0.05, 0.1) is 0 Å². The van der Waals surface area contributed by atoms with Crippen LogP contribution in [0.5, 0.6) is 0 Å². The highest BCUT2D eigenvalue weighted by atomic mass is 35.5. The molecule has 0 aromatic rings. The summed E-state index contributed by atoms with van der Waals surface area (Å²) in [7, 11) is 0. The quantitative estimate of drug-likeness (QED) is 0.532. The van der Waals surface area contributed by atoms with E-state index in [1.807, 2.05) is 0 Å². The van der Waals surface area contributed by atoms with Crippen LogP contribution in [-0.2, 0) is 0 Å². The van der Waals surface area contributed by atoms with E-state index in [2.05, 4.69) is 20.8 Å². The van der Waals surface area contributed by atoms with Crippen molar-refractivity contribution in [3.8, 4) is 0 Å². The molecule has 0 aromatic heterocycles. The molecule has 1 aliphatic rings. The summed E-state index contributed by atoms with van der Waals surface area (Å²) in [4.78, 5) is 0. The van der Waals surface area contributed by atoms with Gasteiger partial charge >= 0.3 is 0 Å². The zero-order valence-corrected chi connectivity index (χ0v) is 8.56. The van der Waals surface area contributed by atoms with Crippen LogP contribution in [0.3, 0.4) is 0 Å². The van der Waals surface area contributed by atoms with Crippen molar-refractivity contribution in [3.05, 3.63) is 0 Å². The topological polar surface area (TPSA) is 0 Å². The first-order valence-electron chi connectivity index (χ1n) is 4.75. The summed E-state index contributed by atoms with van der Waals surface area (Å²) < 4.78 is 0. The second kappa shape index (κ2) is 3.80. The van der Waals surface area contributed by atoms with Crippen molar-refractivity contribution in [2.24, 2.45) is 17.8 Å². The van der Waals surface area contributed by atoms with Crippen LogP contribution in [0, 0.1) is 17.8 Å². The highest BCUT2D eigenvalue weighted by molar-refractivity contribution is 6.20. The summed E-state index contributed by atoms with van der Waals surface area (Å²) in [6.45, 7) is 6.89. The molecule has 1 rings (SSSR count). The lowest BCUT2D eigenvalue weighted by atomic mass is 9.77. The second-order valence-electron chi connectivity index (χ2n) is 4.34. The van der Waals surface area contributed by atoms with Gasteiger partial charge in [-0.05, 0) is 30.6 Å². The minimum atomic E-state index is 0.443. The predicted molar refractivity (Wildman–Crippen MR) is 51.0 cm³/mol. The molecule has 3 atom stereocenters. The molecule has 0 aromatic carbocycles. The number of halogens is 1. The molecule has 0 heterocycles. The molecule has 1 aliphatic carbocycles. The maximum absolute atomic E-state index is 6.27. The Labute approximate surface area is 75.3 Å². The van der Waals surface area contributed by atoms with Crippen molar-refractivity contribution < 1.29 is 0 Å². The molecule has 0 nitrogen and oxygen atoms in total. The van der Waals surface area contributed by atoms with E-state index in [-0.39, 0.29) is 0 Å². The van der Waals surface area contributed by atoms with Gasteiger partial charge in [-0.25, -0.2) is 0 Å². The van der Waals surface area contributed by atoms with Gasteiger partial charge in [-0.1, -0.05) is 27.2 Å². The van der Waals surface area contributed by atoms with Crippen LogP contribution in [0.1, 0.15) is 40.0 Å². The average molecular weight is 175 g/mol. The van der Waals surface area contributed by atoms with E-state index in [0.29, 0.717) is 5.38 Å². The Morgan fingerprint density at radius 3 is 2.36 bits per heavy atom.